The number of hydrogen-bond acceptors (Lipinski definition) is 1. The Hall–Kier alpha value is -0.590. The standard InChI is InChI=1S/C11H18O/c1-3-4-10-5-7-11(8-6-10)9(2)12/h3-4,10-11H,5-8H2,1-2H3/b4-3+. The maximum absolute atomic E-state index is 11.0. The van der Waals surface area contributed by atoms with Crippen LogP contribution in [0.15, 0.2) is 12.2 Å². The van der Waals surface area contributed by atoms with Gasteiger partial charge >= 0.3 is 0 Å². The SMILES string of the molecule is C/C=C/C1CCC(C(C)=O)CC1. The van der Waals surface area contributed by atoms with Crippen molar-refractivity contribution in [3.8, 4) is 0 Å². The molecule has 0 aliphatic heterocycles. The highest BCUT2D eigenvalue weighted by Crippen LogP contribution is 2.29. The maximum atomic E-state index is 11.0. The summed E-state index contributed by atoms with van der Waals surface area (Å²) in [7, 11) is 0. The van der Waals surface area contributed by atoms with E-state index in [4.69, 9.17) is 0 Å². The number of hydrogen-bond donors (Lipinski definition) is 0. The molecule has 1 fully saturated rings. The normalized spacial score (nSPS) is 30.8. The third-order valence-electron chi connectivity index (χ3n) is 2.81. The summed E-state index contributed by atoms with van der Waals surface area (Å²) in [5.74, 6) is 1.49. The van der Waals surface area contributed by atoms with E-state index in [1.54, 1.807) is 6.92 Å². The lowest BCUT2D eigenvalue weighted by atomic mass is 9.80. The Morgan fingerprint density at radius 1 is 1.25 bits per heavy atom. The molecule has 0 amide bonds. The second-order valence-corrected chi connectivity index (χ2v) is 3.75. The largest absolute Gasteiger partial charge is 0.300 e. The molecule has 0 radical (unpaired) electrons. The average Bonchev–Trinajstić information content (AvgIpc) is 2.06. The van der Waals surface area contributed by atoms with E-state index >= 15 is 0 Å². The second kappa shape index (κ2) is 4.44. The Morgan fingerprint density at radius 3 is 2.25 bits per heavy atom. The molecule has 0 spiro atoms. The summed E-state index contributed by atoms with van der Waals surface area (Å²) in [6, 6.07) is 0. The molecule has 1 rings (SSSR count). The molecule has 0 unspecified atom stereocenters. The fourth-order valence-electron chi connectivity index (χ4n) is 1.99. The van der Waals surface area contributed by atoms with Gasteiger partial charge in [0.2, 0.25) is 0 Å². The number of carbonyl (C=O) groups excluding carboxylic acids is 1. The van der Waals surface area contributed by atoms with Crippen LogP contribution in [0.5, 0.6) is 0 Å². The van der Waals surface area contributed by atoms with Gasteiger partial charge in [-0.3, -0.25) is 4.79 Å². The van der Waals surface area contributed by atoms with Gasteiger partial charge < -0.3 is 0 Å². The first-order valence-electron chi connectivity index (χ1n) is 4.87. The molecule has 0 bridgehead atoms. The van der Waals surface area contributed by atoms with Crippen molar-refractivity contribution in [1.82, 2.24) is 0 Å². The lowest BCUT2D eigenvalue weighted by Gasteiger charge is -2.24. The summed E-state index contributed by atoms with van der Waals surface area (Å²) in [6.07, 6.45) is 9.01. The monoisotopic (exact) mass is 166 g/mol. The number of Topliss-reactive ketones (excluding diaryl/α,β-unsaturated/α-hetero) is 1. The van der Waals surface area contributed by atoms with Gasteiger partial charge in [0.25, 0.3) is 0 Å². The molecule has 0 aromatic heterocycles. The van der Waals surface area contributed by atoms with Crippen molar-refractivity contribution in [2.75, 3.05) is 0 Å². The third-order valence-corrected chi connectivity index (χ3v) is 2.81. The van der Waals surface area contributed by atoms with Crippen LogP contribution in [0.2, 0.25) is 0 Å². The Bertz CT molecular complexity index is 173. The zero-order chi connectivity index (χ0) is 8.97. The van der Waals surface area contributed by atoms with Gasteiger partial charge in [-0.05, 0) is 45.4 Å². The summed E-state index contributed by atoms with van der Waals surface area (Å²) in [6.45, 7) is 3.79. The fourth-order valence-corrected chi connectivity index (χ4v) is 1.99. The molecule has 0 saturated heterocycles. The van der Waals surface area contributed by atoms with Crippen molar-refractivity contribution in [2.24, 2.45) is 11.8 Å². The molecule has 0 heterocycles. The van der Waals surface area contributed by atoms with Crippen LogP contribution in [0, 0.1) is 11.8 Å². The minimum atomic E-state index is 0.367. The van der Waals surface area contributed by atoms with Crippen LogP contribution in [0.1, 0.15) is 39.5 Å². The Kier molecular flexibility index (Phi) is 3.51. The van der Waals surface area contributed by atoms with Gasteiger partial charge in [-0.15, -0.1) is 0 Å². The summed E-state index contributed by atoms with van der Waals surface area (Å²) in [5, 5.41) is 0. The van der Waals surface area contributed by atoms with Crippen LogP contribution in [0.3, 0.4) is 0 Å². The highest BCUT2D eigenvalue weighted by molar-refractivity contribution is 5.78. The second-order valence-electron chi connectivity index (χ2n) is 3.75. The van der Waals surface area contributed by atoms with Gasteiger partial charge in [0.05, 0.1) is 0 Å². The molecule has 0 aromatic carbocycles. The zero-order valence-corrected chi connectivity index (χ0v) is 8.05. The molecule has 0 N–H and O–H groups in total. The molecular weight excluding hydrogens is 148 g/mol. The van der Waals surface area contributed by atoms with Gasteiger partial charge in [0.1, 0.15) is 5.78 Å². The highest BCUT2D eigenvalue weighted by atomic mass is 16.1. The van der Waals surface area contributed by atoms with Crippen LogP contribution < -0.4 is 0 Å². The molecule has 12 heavy (non-hydrogen) atoms. The van der Waals surface area contributed by atoms with Gasteiger partial charge in [0.15, 0.2) is 0 Å². The van der Waals surface area contributed by atoms with E-state index in [2.05, 4.69) is 19.1 Å². The Morgan fingerprint density at radius 2 is 1.83 bits per heavy atom. The smallest absolute Gasteiger partial charge is 0.132 e. The number of ketones is 1. The lowest BCUT2D eigenvalue weighted by molar-refractivity contribution is -0.121. The van der Waals surface area contributed by atoms with Crippen LogP contribution >= 0.6 is 0 Å². The van der Waals surface area contributed by atoms with E-state index < -0.39 is 0 Å². The molecule has 1 heteroatoms. The lowest BCUT2D eigenvalue weighted by Crippen LogP contribution is -2.18. The molecular formula is C11H18O. The van der Waals surface area contributed by atoms with E-state index in [1.807, 2.05) is 0 Å². The van der Waals surface area contributed by atoms with Crippen LogP contribution in [-0.2, 0) is 4.79 Å². The van der Waals surface area contributed by atoms with Crippen LogP contribution in [0.4, 0.5) is 0 Å². The van der Waals surface area contributed by atoms with Crippen molar-refractivity contribution in [2.45, 2.75) is 39.5 Å². The molecule has 68 valence electrons. The predicted molar refractivity (Wildman–Crippen MR) is 50.9 cm³/mol. The first-order chi connectivity index (χ1) is 5.74. The number of carbonyl (C=O) groups is 1. The van der Waals surface area contributed by atoms with Gasteiger partial charge in [-0.1, -0.05) is 12.2 Å². The zero-order valence-electron chi connectivity index (χ0n) is 8.05. The summed E-state index contributed by atoms with van der Waals surface area (Å²) >= 11 is 0. The molecule has 1 aliphatic rings. The number of allylic oxidation sites excluding steroid dienone is 2. The topological polar surface area (TPSA) is 17.1 Å². The van der Waals surface area contributed by atoms with Crippen molar-refractivity contribution in [3.05, 3.63) is 12.2 Å². The van der Waals surface area contributed by atoms with E-state index in [9.17, 15) is 4.79 Å². The molecule has 0 aromatic rings. The van der Waals surface area contributed by atoms with Crippen molar-refractivity contribution < 1.29 is 4.79 Å². The first kappa shape index (κ1) is 9.50. The van der Waals surface area contributed by atoms with E-state index in [1.165, 1.54) is 12.8 Å². The minimum Gasteiger partial charge on any atom is -0.300 e. The number of rotatable bonds is 2. The van der Waals surface area contributed by atoms with E-state index in [0.29, 0.717) is 11.7 Å². The van der Waals surface area contributed by atoms with Gasteiger partial charge in [-0.25, -0.2) is 0 Å². The predicted octanol–water partition coefficient (Wildman–Crippen LogP) is 2.96. The van der Waals surface area contributed by atoms with E-state index in [-0.39, 0.29) is 0 Å². The van der Waals surface area contributed by atoms with Crippen LogP contribution in [0.25, 0.3) is 0 Å². The minimum absolute atomic E-state index is 0.367. The van der Waals surface area contributed by atoms with Gasteiger partial charge in [0, 0.05) is 5.92 Å². The average molecular weight is 166 g/mol. The van der Waals surface area contributed by atoms with Gasteiger partial charge in [-0.2, -0.15) is 0 Å². The Labute approximate surface area is 74.9 Å². The Balaban J connectivity index is 2.34. The van der Waals surface area contributed by atoms with Crippen LogP contribution in [-0.4, -0.2) is 5.78 Å². The summed E-state index contributed by atoms with van der Waals surface area (Å²) < 4.78 is 0. The fraction of sp³-hybridized carbons (Fsp3) is 0.727. The molecule has 0 atom stereocenters. The summed E-state index contributed by atoms with van der Waals surface area (Å²) in [5.41, 5.74) is 0. The summed E-state index contributed by atoms with van der Waals surface area (Å²) in [4.78, 5) is 11.0. The molecule has 1 saturated carbocycles. The maximum Gasteiger partial charge on any atom is 0.132 e. The quantitative estimate of drug-likeness (QED) is 0.576. The molecule has 1 aliphatic carbocycles. The van der Waals surface area contributed by atoms with E-state index in [0.717, 1.165) is 18.8 Å². The third kappa shape index (κ3) is 2.47. The van der Waals surface area contributed by atoms with Crippen molar-refractivity contribution in [3.63, 3.8) is 0 Å². The molecule has 1 nitrogen and oxygen atoms in total. The highest BCUT2D eigenvalue weighted by Gasteiger charge is 2.21. The van der Waals surface area contributed by atoms with Crippen molar-refractivity contribution in [1.29, 1.82) is 0 Å². The first-order valence-corrected chi connectivity index (χ1v) is 4.87. The van der Waals surface area contributed by atoms with Crippen molar-refractivity contribution >= 4 is 5.78 Å².